The van der Waals surface area contributed by atoms with E-state index in [-0.39, 0.29) is 24.9 Å². The standard InChI is InChI=1S/C56H107NO5/c1-4-7-10-13-16-19-22-25-27-28-29-30-32-35-38-41-44-47-52(62-56(61)49-46-43-40-37-34-31-26-23-20-17-14-11-8-5-2)50-55(60)57-53(51-58)54(59)48-45-42-39-36-33-24-21-18-15-12-9-6-3/h25,27,31,34,52-54,58-59H,4-24,26,28-30,32-33,35-51H2,1-3H3,(H,57,60)/b27-25+,34-31-. The van der Waals surface area contributed by atoms with E-state index in [1.807, 2.05) is 0 Å². The molecule has 1 amide bonds. The minimum Gasteiger partial charge on any atom is -0.462 e. The van der Waals surface area contributed by atoms with Crippen LogP contribution in [-0.4, -0.2) is 46.9 Å². The van der Waals surface area contributed by atoms with Crippen LogP contribution in [0, 0.1) is 0 Å². The molecule has 3 N–H and O–H groups in total. The molecule has 0 aliphatic heterocycles. The number of rotatable bonds is 50. The number of esters is 1. The van der Waals surface area contributed by atoms with Crippen molar-refractivity contribution in [1.29, 1.82) is 0 Å². The summed E-state index contributed by atoms with van der Waals surface area (Å²) >= 11 is 0. The molecule has 0 spiro atoms. The third kappa shape index (κ3) is 44.9. The first-order chi connectivity index (χ1) is 30.5. The second-order valence-corrected chi connectivity index (χ2v) is 19.0. The van der Waals surface area contributed by atoms with E-state index in [1.165, 1.54) is 193 Å². The molecule has 0 saturated heterocycles. The van der Waals surface area contributed by atoms with Crippen molar-refractivity contribution in [3.8, 4) is 0 Å². The van der Waals surface area contributed by atoms with Gasteiger partial charge in [-0.1, -0.05) is 231 Å². The highest BCUT2D eigenvalue weighted by Crippen LogP contribution is 2.18. The van der Waals surface area contributed by atoms with Crippen molar-refractivity contribution < 1.29 is 24.5 Å². The summed E-state index contributed by atoms with van der Waals surface area (Å²) in [6, 6.07) is -0.702. The van der Waals surface area contributed by atoms with Crippen LogP contribution in [0.15, 0.2) is 24.3 Å². The molecule has 0 radical (unpaired) electrons. The number of aliphatic hydroxyl groups is 2. The van der Waals surface area contributed by atoms with Crippen LogP contribution in [0.4, 0.5) is 0 Å². The lowest BCUT2D eigenvalue weighted by Crippen LogP contribution is -2.46. The zero-order chi connectivity index (χ0) is 45.2. The van der Waals surface area contributed by atoms with Crippen molar-refractivity contribution in [3.63, 3.8) is 0 Å². The van der Waals surface area contributed by atoms with Crippen LogP contribution >= 0.6 is 0 Å². The van der Waals surface area contributed by atoms with Gasteiger partial charge in [-0.25, -0.2) is 0 Å². The minimum atomic E-state index is -0.788. The Morgan fingerprint density at radius 2 is 0.774 bits per heavy atom. The number of hydrogen-bond donors (Lipinski definition) is 3. The van der Waals surface area contributed by atoms with Gasteiger partial charge >= 0.3 is 5.97 Å². The second-order valence-electron chi connectivity index (χ2n) is 19.0. The zero-order valence-electron chi connectivity index (χ0n) is 41.8. The molecular weight excluding hydrogens is 767 g/mol. The van der Waals surface area contributed by atoms with E-state index < -0.39 is 18.2 Å². The van der Waals surface area contributed by atoms with Crippen LogP contribution in [0.2, 0.25) is 0 Å². The van der Waals surface area contributed by atoms with Crippen molar-refractivity contribution in [2.24, 2.45) is 0 Å². The third-order valence-corrected chi connectivity index (χ3v) is 12.8. The number of carbonyl (C=O) groups excluding carboxylic acids is 2. The van der Waals surface area contributed by atoms with E-state index in [1.54, 1.807) is 0 Å². The topological polar surface area (TPSA) is 95.9 Å². The molecule has 0 aliphatic carbocycles. The Balaban J connectivity index is 4.58. The monoisotopic (exact) mass is 874 g/mol. The highest BCUT2D eigenvalue weighted by Gasteiger charge is 2.24. The number of carbonyl (C=O) groups is 2. The molecule has 0 aromatic heterocycles. The molecule has 0 heterocycles. The minimum absolute atomic E-state index is 0.0729. The number of amides is 1. The summed E-state index contributed by atoms with van der Waals surface area (Å²) in [6.07, 6.45) is 58.1. The van der Waals surface area contributed by atoms with Crippen molar-refractivity contribution in [2.75, 3.05) is 6.61 Å². The van der Waals surface area contributed by atoms with Crippen LogP contribution in [0.1, 0.15) is 297 Å². The number of allylic oxidation sites excluding steroid dienone is 4. The van der Waals surface area contributed by atoms with Crippen molar-refractivity contribution in [3.05, 3.63) is 24.3 Å². The summed E-state index contributed by atoms with van der Waals surface area (Å²) in [5.41, 5.74) is 0. The molecule has 0 bridgehead atoms. The van der Waals surface area contributed by atoms with Gasteiger partial charge in [-0.05, 0) is 77.0 Å². The van der Waals surface area contributed by atoms with Crippen LogP contribution in [0.3, 0.4) is 0 Å². The number of ether oxygens (including phenoxy) is 1. The molecular formula is C56H107NO5. The van der Waals surface area contributed by atoms with Crippen LogP contribution in [-0.2, 0) is 14.3 Å². The zero-order valence-corrected chi connectivity index (χ0v) is 41.8. The fourth-order valence-corrected chi connectivity index (χ4v) is 8.54. The molecule has 3 atom stereocenters. The van der Waals surface area contributed by atoms with Gasteiger partial charge in [-0.3, -0.25) is 9.59 Å². The average molecular weight is 874 g/mol. The van der Waals surface area contributed by atoms with Crippen LogP contribution in [0.25, 0.3) is 0 Å². The molecule has 0 fully saturated rings. The predicted octanol–water partition coefficient (Wildman–Crippen LogP) is 16.7. The van der Waals surface area contributed by atoms with Crippen LogP contribution in [0.5, 0.6) is 0 Å². The summed E-state index contributed by atoms with van der Waals surface area (Å²) in [6.45, 7) is 6.49. The van der Waals surface area contributed by atoms with Gasteiger partial charge in [0.05, 0.1) is 25.2 Å². The largest absolute Gasteiger partial charge is 0.462 e. The van der Waals surface area contributed by atoms with Gasteiger partial charge in [0.25, 0.3) is 0 Å². The second kappa shape index (κ2) is 50.3. The van der Waals surface area contributed by atoms with Crippen molar-refractivity contribution >= 4 is 11.9 Å². The molecule has 0 aromatic rings. The molecule has 6 heteroatoms. The van der Waals surface area contributed by atoms with E-state index >= 15 is 0 Å². The summed E-state index contributed by atoms with van der Waals surface area (Å²) in [4.78, 5) is 26.2. The SMILES string of the molecule is CCCCCCCC/C=C/CCCCCCCCCC(CC(=O)NC(CO)C(O)CCCCCCCCCCCCCC)OC(=O)CCCCC/C=C\CCCCCCCCC. The molecule has 0 aromatic carbocycles. The van der Waals surface area contributed by atoms with E-state index in [2.05, 4.69) is 50.4 Å². The number of hydrogen-bond acceptors (Lipinski definition) is 5. The number of nitrogens with one attached hydrogen (secondary N) is 1. The smallest absolute Gasteiger partial charge is 0.306 e. The lowest BCUT2D eigenvalue weighted by Gasteiger charge is -2.24. The van der Waals surface area contributed by atoms with E-state index in [0.717, 1.165) is 57.8 Å². The Hall–Kier alpha value is -1.66. The third-order valence-electron chi connectivity index (χ3n) is 12.8. The summed E-state index contributed by atoms with van der Waals surface area (Å²) in [7, 11) is 0. The lowest BCUT2D eigenvalue weighted by molar-refractivity contribution is -0.151. The van der Waals surface area contributed by atoms with Gasteiger partial charge in [-0.2, -0.15) is 0 Å². The lowest BCUT2D eigenvalue weighted by atomic mass is 10.0. The number of aliphatic hydroxyl groups excluding tert-OH is 2. The Kier molecular flexibility index (Phi) is 49.0. The summed E-state index contributed by atoms with van der Waals surface area (Å²) in [5.74, 6) is -0.482. The number of unbranched alkanes of at least 4 members (excludes halogenated alkanes) is 34. The first-order valence-corrected chi connectivity index (χ1v) is 27.6. The first kappa shape index (κ1) is 60.3. The highest BCUT2D eigenvalue weighted by atomic mass is 16.5. The Bertz CT molecular complexity index is 981. The van der Waals surface area contributed by atoms with Crippen molar-refractivity contribution in [1.82, 2.24) is 5.32 Å². The Morgan fingerprint density at radius 3 is 1.15 bits per heavy atom. The normalized spacial score (nSPS) is 13.3. The molecule has 3 unspecified atom stereocenters. The molecule has 6 nitrogen and oxygen atoms in total. The average Bonchev–Trinajstić information content (AvgIpc) is 3.26. The van der Waals surface area contributed by atoms with E-state index in [0.29, 0.717) is 19.3 Å². The maximum atomic E-state index is 13.2. The van der Waals surface area contributed by atoms with Gasteiger partial charge < -0.3 is 20.3 Å². The highest BCUT2D eigenvalue weighted by molar-refractivity contribution is 5.77. The van der Waals surface area contributed by atoms with E-state index in [4.69, 9.17) is 4.74 Å². The quantitative estimate of drug-likeness (QED) is 0.0321. The van der Waals surface area contributed by atoms with Gasteiger partial charge in [-0.15, -0.1) is 0 Å². The van der Waals surface area contributed by atoms with Gasteiger partial charge in [0, 0.05) is 6.42 Å². The first-order valence-electron chi connectivity index (χ1n) is 27.6. The summed E-state index contributed by atoms with van der Waals surface area (Å²) in [5, 5.41) is 23.8. The molecule has 62 heavy (non-hydrogen) atoms. The molecule has 0 rings (SSSR count). The maximum absolute atomic E-state index is 13.2. The fourth-order valence-electron chi connectivity index (χ4n) is 8.54. The molecule has 0 aliphatic rings. The van der Waals surface area contributed by atoms with Crippen molar-refractivity contribution in [2.45, 2.75) is 315 Å². The van der Waals surface area contributed by atoms with Crippen LogP contribution < -0.4 is 5.32 Å². The van der Waals surface area contributed by atoms with Gasteiger partial charge in [0.1, 0.15) is 6.10 Å². The Morgan fingerprint density at radius 1 is 0.452 bits per heavy atom. The predicted molar refractivity (Wildman–Crippen MR) is 269 cm³/mol. The summed E-state index contributed by atoms with van der Waals surface area (Å²) < 4.78 is 5.94. The van der Waals surface area contributed by atoms with Gasteiger partial charge in [0.15, 0.2) is 0 Å². The maximum Gasteiger partial charge on any atom is 0.306 e. The Labute approximate surface area is 386 Å². The fraction of sp³-hybridized carbons (Fsp3) is 0.893. The van der Waals surface area contributed by atoms with Gasteiger partial charge in [0.2, 0.25) is 5.91 Å². The molecule has 366 valence electrons. The molecule has 0 saturated carbocycles. The van der Waals surface area contributed by atoms with E-state index in [9.17, 15) is 19.8 Å².